The maximum Gasteiger partial charge on any atom is 0.328 e. The van der Waals surface area contributed by atoms with Gasteiger partial charge >= 0.3 is 5.97 Å². The maximum atomic E-state index is 13.4. The molecule has 2 aliphatic rings. The summed E-state index contributed by atoms with van der Waals surface area (Å²) >= 11 is 0. The zero-order valence-corrected chi connectivity index (χ0v) is 17.6. The van der Waals surface area contributed by atoms with Crippen molar-refractivity contribution < 1.29 is 24.3 Å². The van der Waals surface area contributed by atoms with Gasteiger partial charge in [-0.1, -0.05) is 36.4 Å². The average molecular weight is 436 g/mol. The zero-order valence-electron chi connectivity index (χ0n) is 17.6. The van der Waals surface area contributed by atoms with E-state index in [9.17, 15) is 24.3 Å². The normalized spacial score (nSPS) is 23.3. The van der Waals surface area contributed by atoms with Gasteiger partial charge in [-0.25, -0.2) is 4.79 Å². The number of fused-ring (bicyclic) bond motifs is 2. The third kappa shape index (κ3) is 4.05. The van der Waals surface area contributed by atoms with E-state index in [2.05, 4.69) is 10.3 Å². The summed E-state index contributed by atoms with van der Waals surface area (Å²) in [7, 11) is 0. The van der Waals surface area contributed by atoms with Gasteiger partial charge in [-0.15, -0.1) is 0 Å². The van der Waals surface area contributed by atoms with Crippen LogP contribution in [0.2, 0.25) is 0 Å². The molecule has 166 valence electrons. The number of carbonyl (C=O) groups excluding carboxylic acids is 3. The van der Waals surface area contributed by atoms with E-state index < -0.39 is 35.9 Å². The minimum atomic E-state index is -1.18. The van der Waals surface area contributed by atoms with Crippen molar-refractivity contribution in [3.05, 3.63) is 54.4 Å². The van der Waals surface area contributed by atoms with Crippen LogP contribution in [-0.4, -0.2) is 74.8 Å². The zero-order chi connectivity index (χ0) is 22.8. The summed E-state index contributed by atoms with van der Waals surface area (Å²) in [5.41, 5.74) is 0.203. The lowest BCUT2D eigenvalue weighted by Gasteiger charge is -2.46. The van der Waals surface area contributed by atoms with Gasteiger partial charge in [0.25, 0.3) is 5.91 Å². The number of hydrogen-bond acceptors (Lipinski definition) is 5. The Morgan fingerprint density at radius 2 is 1.84 bits per heavy atom. The lowest BCUT2D eigenvalue weighted by molar-refractivity contribution is -0.160. The minimum absolute atomic E-state index is 0.0812. The molecule has 3 heterocycles. The number of nitrogens with one attached hydrogen (secondary N) is 1. The van der Waals surface area contributed by atoms with Crippen LogP contribution in [0.5, 0.6) is 0 Å². The van der Waals surface area contributed by atoms with Crippen LogP contribution in [0.15, 0.2) is 48.7 Å². The van der Waals surface area contributed by atoms with E-state index in [0.717, 1.165) is 5.39 Å². The van der Waals surface area contributed by atoms with Crippen LogP contribution < -0.4 is 5.32 Å². The first kappa shape index (κ1) is 21.5. The number of nitrogens with zero attached hydrogens (tertiary/aromatic N) is 3. The Bertz CT molecular complexity index is 1110. The molecule has 9 nitrogen and oxygen atoms in total. The van der Waals surface area contributed by atoms with Crippen molar-refractivity contribution in [1.29, 1.82) is 0 Å². The number of carboxylic acids is 1. The summed E-state index contributed by atoms with van der Waals surface area (Å²) in [6.07, 6.45) is 5.88. The van der Waals surface area contributed by atoms with Crippen molar-refractivity contribution in [2.75, 3.05) is 13.1 Å². The van der Waals surface area contributed by atoms with Crippen molar-refractivity contribution in [1.82, 2.24) is 20.1 Å². The number of rotatable bonds is 3. The Morgan fingerprint density at radius 3 is 2.59 bits per heavy atom. The smallest absolute Gasteiger partial charge is 0.328 e. The number of carbonyl (C=O) groups is 4. The van der Waals surface area contributed by atoms with E-state index in [1.807, 2.05) is 18.2 Å². The quantitative estimate of drug-likeness (QED) is 0.698. The number of pyridine rings is 1. The molecular weight excluding hydrogens is 412 g/mol. The first-order valence-corrected chi connectivity index (χ1v) is 10.5. The highest BCUT2D eigenvalue weighted by molar-refractivity contribution is 6.06. The van der Waals surface area contributed by atoms with Crippen LogP contribution in [0.4, 0.5) is 0 Å². The molecule has 9 heteroatoms. The van der Waals surface area contributed by atoms with Gasteiger partial charge in [0.15, 0.2) is 0 Å². The maximum absolute atomic E-state index is 13.4. The van der Waals surface area contributed by atoms with E-state index in [-0.39, 0.29) is 31.1 Å². The monoisotopic (exact) mass is 436 g/mol. The van der Waals surface area contributed by atoms with Gasteiger partial charge in [0.2, 0.25) is 11.8 Å². The number of piperazine rings is 1. The fourth-order valence-electron chi connectivity index (χ4n) is 4.36. The predicted molar refractivity (Wildman–Crippen MR) is 116 cm³/mol. The van der Waals surface area contributed by atoms with Crippen LogP contribution >= 0.6 is 0 Å². The first-order chi connectivity index (χ1) is 15.4. The third-order valence-corrected chi connectivity index (χ3v) is 5.98. The summed E-state index contributed by atoms with van der Waals surface area (Å²) in [6, 6.07) is 6.53. The third-order valence-electron chi connectivity index (χ3n) is 5.98. The fourth-order valence-corrected chi connectivity index (χ4v) is 4.36. The number of benzene rings is 1. The Balaban J connectivity index is 1.62. The highest BCUT2D eigenvalue weighted by Crippen LogP contribution is 2.24. The molecule has 2 aliphatic heterocycles. The topological polar surface area (TPSA) is 120 Å². The number of amides is 3. The number of aliphatic carboxylic acids is 1. The standard InChI is InChI=1S/C23H24N4O5/c1-14(28)26-12-16-7-3-5-9-18(22(30)27(16)19(13-26)23(31)32)25-21(29)20-17-8-4-2-6-15(17)10-11-24-20/h2-6,8,10-11,16,18-19H,7,9,12-13H2,1H3,(H,25,29)(H,31,32)/t16-,18-,19-/m0/s1. The second-order valence-electron chi connectivity index (χ2n) is 8.03. The highest BCUT2D eigenvalue weighted by atomic mass is 16.4. The molecule has 1 fully saturated rings. The van der Waals surface area contributed by atoms with E-state index in [1.54, 1.807) is 24.3 Å². The van der Waals surface area contributed by atoms with Crippen molar-refractivity contribution in [3.8, 4) is 0 Å². The van der Waals surface area contributed by atoms with Gasteiger partial charge in [0.1, 0.15) is 17.8 Å². The van der Waals surface area contributed by atoms with Crippen molar-refractivity contribution in [3.63, 3.8) is 0 Å². The van der Waals surface area contributed by atoms with Crippen LogP contribution in [0.25, 0.3) is 10.8 Å². The molecule has 2 N–H and O–H groups in total. The summed E-state index contributed by atoms with van der Waals surface area (Å²) in [5, 5.41) is 14.0. The summed E-state index contributed by atoms with van der Waals surface area (Å²) < 4.78 is 0. The highest BCUT2D eigenvalue weighted by Gasteiger charge is 2.44. The largest absolute Gasteiger partial charge is 0.480 e. The molecule has 4 rings (SSSR count). The van der Waals surface area contributed by atoms with Gasteiger partial charge < -0.3 is 20.2 Å². The lowest BCUT2D eigenvalue weighted by Crippen LogP contribution is -2.66. The molecule has 2 aromatic rings. The fraction of sp³-hybridized carbons (Fsp3) is 0.348. The van der Waals surface area contributed by atoms with E-state index in [1.165, 1.54) is 22.9 Å². The number of hydrogen-bond donors (Lipinski definition) is 2. The van der Waals surface area contributed by atoms with Gasteiger partial charge in [0.05, 0.1) is 12.6 Å². The average Bonchev–Trinajstić information content (AvgIpc) is 2.78. The summed E-state index contributed by atoms with van der Waals surface area (Å²) in [5.74, 6) is -2.38. The van der Waals surface area contributed by atoms with Crippen molar-refractivity contribution in [2.45, 2.75) is 37.9 Å². The molecule has 0 saturated carbocycles. The van der Waals surface area contributed by atoms with Gasteiger partial charge in [-0.05, 0) is 24.3 Å². The second-order valence-corrected chi connectivity index (χ2v) is 8.03. The van der Waals surface area contributed by atoms with Crippen LogP contribution in [0, 0.1) is 0 Å². The molecule has 0 bridgehead atoms. The minimum Gasteiger partial charge on any atom is -0.480 e. The van der Waals surface area contributed by atoms with Crippen molar-refractivity contribution in [2.24, 2.45) is 0 Å². The van der Waals surface area contributed by atoms with E-state index >= 15 is 0 Å². The molecule has 1 saturated heterocycles. The van der Waals surface area contributed by atoms with E-state index in [4.69, 9.17) is 0 Å². The van der Waals surface area contributed by atoms with Crippen LogP contribution in [0.1, 0.15) is 30.3 Å². The van der Waals surface area contributed by atoms with Gasteiger partial charge in [0, 0.05) is 25.1 Å². The molecule has 3 atom stereocenters. The Hall–Kier alpha value is -3.75. The lowest BCUT2D eigenvalue weighted by atomic mass is 9.97. The Morgan fingerprint density at radius 1 is 1.09 bits per heavy atom. The van der Waals surface area contributed by atoms with Crippen LogP contribution in [0.3, 0.4) is 0 Å². The second kappa shape index (κ2) is 8.78. The number of carboxylic acid groups (broad SMARTS) is 1. The molecular formula is C23H24N4O5. The molecule has 3 amide bonds. The SMILES string of the molecule is CC(=O)N1C[C@@H]2CC=CC[C@H](NC(=O)c3nccc4ccccc34)C(=O)N2[C@H](C(=O)O)C1. The number of aromatic nitrogens is 1. The van der Waals surface area contributed by atoms with Gasteiger partial charge in [-0.3, -0.25) is 19.4 Å². The Kier molecular flexibility index (Phi) is 5.89. The summed E-state index contributed by atoms with van der Waals surface area (Å²) in [6.45, 7) is 1.55. The Labute approximate surface area is 184 Å². The first-order valence-electron chi connectivity index (χ1n) is 10.5. The predicted octanol–water partition coefficient (Wildman–Crippen LogP) is 1.20. The molecule has 32 heavy (non-hydrogen) atoms. The molecule has 0 spiro atoms. The van der Waals surface area contributed by atoms with Crippen molar-refractivity contribution >= 4 is 34.5 Å². The molecule has 0 unspecified atom stereocenters. The van der Waals surface area contributed by atoms with Gasteiger partial charge in [-0.2, -0.15) is 0 Å². The summed E-state index contributed by atoms with van der Waals surface area (Å²) in [4.78, 5) is 57.3. The molecule has 0 radical (unpaired) electrons. The molecule has 0 aliphatic carbocycles. The van der Waals surface area contributed by atoms with E-state index in [0.29, 0.717) is 11.8 Å². The van der Waals surface area contributed by atoms with Crippen LogP contribution in [-0.2, 0) is 14.4 Å². The molecule has 1 aromatic carbocycles. The molecule has 1 aromatic heterocycles.